The first-order chi connectivity index (χ1) is 10.1. The summed E-state index contributed by atoms with van der Waals surface area (Å²) in [6.45, 7) is 0. The molecule has 112 valence electrons. The molecule has 1 aliphatic rings. The van der Waals surface area contributed by atoms with Crippen LogP contribution in [0.15, 0.2) is 16.6 Å². The van der Waals surface area contributed by atoms with E-state index in [-0.39, 0.29) is 6.04 Å². The quantitative estimate of drug-likeness (QED) is 0.891. The number of halogens is 1. The maximum absolute atomic E-state index is 6.17. The second-order valence-electron chi connectivity index (χ2n) is 5.01. The van der Waals surface area contributed by atoms with E-state index in [1.807, 2.05) is 12.1 Å². The number of hydrogen-bond donors (Lipinski definition) is 1. The molecule has 1 aliphatic carbocycles. The second-order valence-corrected chi connectivity index (χ2v) is 6.95. The van der Waals surface area contributed by atoms with Crippen LogP contribution in [-0.2, 0) is 6.42 Å². The number of benzene rings is 1. The Morgan fingerprint density at radius 1 is 1.29 bits per heavy atom. The lowest BCUT2D eigenvalue weighted by Crippen LogP contribution is -2.16. The highest BCUT2D eigenvalue weighted by Crippen LogP contribution is 2.42. The summed E-state index contributed by atoms with van der Waals surface area (Å²) in [5, 5.41) is 0.977. The van der Waals surface area contributed by atoms with Crippen molar-refractivity contribution < 1.29 is 9.47 Å². The number of hydrogen-bond acceptors (Lipinski definition) is 5. The third kappa shape index (κ3) is 2.67. The van der Waals surface area contributed by atoms with Crippen LogP contribution in [-0.4, -0.2) is 19.2 Å². The molecule has 0 spiro atoms. The second kappa shape index (κ2) is 5.94. The summed E-state index contributed by atoms with van der Waals surface area (Å²) in [5.41, 5.74) is 8.24. The molecule has 0 saturated heterocycles. The van der Waals surface area contributed by atoms with E-state index >= 15 is 0 Å². The van der Waals surface area contributed by atoms with Crippen LogP contribution >= 0.6 is 27.3 Å². The summed E-state index contributed by atoms with van der Waals surface area (Å²) in [6.07, 6.45) is 3.23. The Morgan fingerprint density at radius 2 is 2.00 bits per heavy atom. The summed E-state index contributed by atoms with van der Waals surface area (Å²) in [5.74, 6) is 1.40. The van der Waals surface area contributed by atoms with Crippen LogP contribution in [0.3, 0.4) is 0 Å². The lowest BCUT2D eigenvalue weighted by atomic mass is 9.99. The Kier molecular flexibility index (Phi) is 4.19. The molecule has 0 radical (unpaired) electrons. The molecule has 1 atom stereocenters. The Labute approximate surface area is 136 Å². The monoisotopic (exact) mass is 368 g/mol. The van der Waals surface area contributed by atoms with E-state index in [1.54, 1.807) is 25.6 Å². The zero-order valence-electron chi connectivity index (χ0n) is 12.0. The third-order valence-electron chi connectivity index (χ3n) is 3.70. The molecular weight excluding hydrogens is 352 g/mol. The van der Waals surface area contributed by atoms with Crippen LogP contribution in [0, 0.1) is 0 Å². The van der Waals surface area contributed by atoms with E-state index in [0.717, 1.165) is 40.0 Å². The van der Waals surface area contributed by atoms with Gasteiger partial charge in [-0.15, -0.1) is 11.3 Å². The largest absolute Gasteiger partial charge is 0.493 e. The first-order valence-corrected chi connectivity index (χ1v) is 8.42. The van der Waals surface area contributed by atoms with Gasteiger partial charge in [-0.2, -0.15) is 0 Å². The normalized spacial score (nSPS) is 17.4. The lowest BCUT2D eigenvalue weighted by molar-refractivity contribution is 0.355. The van der Waals surface area contributed by atoms with Crippen LogP contribution in [0.5, 0.6) is 11.5 Å². The summed E-state index contributed by atoms with van der Waals surface area (Å²) >= 11 is 5.32. The minimum atomic E-state index is 0.0673. The minimum absolute atomic E-state index is 0.0673. The van der Waals surface area contributed by atoms with Gasteiger partial charge in [-0.25, -0.2) is 4.98 Å². The Balaban J connectivity index is 2.08. The molecule has 2 N–H and O–H groups in total. The molecule has 0 saturated carbocycles. The molecule has 1 aromatic heterocycles. The van der Waals surface area contributed by atoms with Crippen molar-refractivity contribution in [2.24, 2.45) is 5.73 Å². The van der Waals surface area contributed by atoms with Gasteiger partial charge in [-0.1, -0.05) is 0 Å². The van der Waals surface area contributed by atoms with Gasteiger partial charge in [0.15, 0.2) is 11.5 Å². The fraction of sp³-hybridized carbons (Fsp3) is 0.400. The molecule has 1 unspecified atom stereocenters. The number of rotatable bonds is 3. The molecule has 21 heavy (non-hydrogen) atoms. The van der Waals surface area contributed by atoms with E-state index in [4.69, 9.17) is 20.2 Å². The summed E-state index contributed by atoms with van der Waals surface area (Å²) < 4.78 is 11.6. The van der Waals surface area contributed by atoms with Crippen molar-refractivity contribution >= 4 is 27.3 Å². The molecular formula is C15H17BrN2O2S. The zero-order valence-corrected chi connectivity index (χ0v) is 14.4. The smallest absolute Gasteiger partial charge is 0.161 e. The average molecular weight is 369 g/mol. The number of methoxy groups -OCH3 is 2. The molecule has 0 bridgehead atoms. The Morgan fingerprint density at radius 3 is 2.67 bits per heavy atom. The molecule has 4 nitrogen and oxygen atoms in total. The molecule has 0 aliphatic heterocycles. The van der Waals surface area contributed by atoms with Crippen LogP contribution in [0.1, 0.15) is 29.5 Å². The van der Waals surface area contributed by atoms with Crippen molar-refractivity contribution in [3.8, 4) is 22.1 Å². The molecule has 0 amide bonds. The van der Waals surface area contributed by atoms with Gasteiger partial charge in [0.25, 0.3) is 0 Å². The number of fused-ring (bicyclic) bond motifs is 1. The van der Waals surface area contributed by atoms with Gasteiger partial charge < -0.3 is 15.2 Å². The summed E-state index contributed by atoms with van der Waals surface area (Å²) in [7, 11) is 3.27. The maximum Gasteiger partial charge on any atom is 0.161 e. The topological polar surface area (TPSA) is 57.4 Å². The number of nitrogens with zero attached hydrogens (tertiary/aromatic N) is 1. The van der Waals surface area contributed by atoms with E-state index in [1.165, 1.54) is 4.88 Å². The van der Waals surface area contributed by atoms with Gasteiger partial charge >= 0.3 is 0 Å². The standard InChI is InChI=1S/C15H17BrN2O2S/c1-19-11-6-8(9(16)7-12(11)20-2)15-18-14-10(17)4-3-5-13(14)21-15/h6-7,10H,3-5,17H2,1-2H3. The fourth-order valence-electron chi connectivity index (χ4n) is 2.58. The summed E-state index contributed by atoms with van der Waals surface area (Å²) in [4.78, 5) is 6.07. The number of thiazole rings is 1. The predicted octanol–water partition coefficient (Wildman–Crippen LogP) is 3.93. The third-order valence-corrected chi connectivity index (χ3v) is 5.52. The van der Waals surface area contributed by atoms with Gasteiger partial charge in [0, 0.05) is 21.0 Å². The van der Waals surface area contributed by atoms with Crippen molar-refractivity contribution in [1.82, 2.24) is 4.98 Å². The molecule has 3 rings (SSSR count). The van der Waals surface area contributed by atoms with E-state index in [0.29, 0.717) is 11.5 Å². The minimum Gasteiger partial charge on any atom is -0.493 e. The highest BCUT2D eigenvalue weighted by Gasteiger charge is 2.23. The van der Waals surface area contributed by atoms with Crippen LogP contribution < -0.4 is 15.2 Å². The van der Waals surface area contributed by atoms with Gasteiger partial charge in [0.2, 0.25) is 0 Å². The number of ether oxygens (including phenoxy) is 2. The van der Waals surface area contributed by atoms with Crippen molar-refractivity contribution in [3.63, 3.8) is 0 Å². The number of aryl methyl sites for hydroxylation is 1. The van der Waals surface area contributed by atoms with Crippen molar-refractivity contribution in [3.05, 3.63) is 27.2 Å². The Bertz CT molecular complexity index is 672. The number of aromatic nitrogens is 1. The lowest BCUT2D eigenvalue weighted by Gasteiger charge is -2.15. The maximum atomic E-state index is 6.17. The zero-order chi connectivity index (χ0) is 15.0. The first-order valence-electron chi connectivity index (χ1n) is 6.81. The van der Waals surface area contributed by atoms with Crippen molar-refractivity contribution in [1.29, 1.82) is 0 Å². The molecule has 1 heterocycles. The van der Waals surface area contributed by atoms with Crippen molar-refractivity contribution in [2.75, 3.05) is 14.2 Å². The van der Waals surface area contributed by atoms with Crippen LogP contribution in [0.2, 0.25) is 0 Å². The fourth-order valence-corrected chi connectivity index (χ4v) is 4.43. The van der Waals surface area contributed by atoms with E-state index in [9.17, 15) is 0 Å². The highest BCUT2D eigenvalue weighted by molar-refractivity contribution is 9.10. The highest BCUT2D eigenvalue weighted by atomic mass is 79.9. The van der Waals surface area contributed by atoms with E-state index in [2.05, 4.69) is 15.9 Å². The molecule has 2 aromatic rings. The average Bonchev–Trinajstić information content (AvgIpc) is 2.92. The van der Waals surface area contributed by atoms with Crippen LogP contribution in [0.4, 0.5) is 0 Å². The Hall–Kier alpha value is -1.11. The molecule has 1 aromatic carbocycles. The first kappa shape index (κ1) is 14.8. The number of nitrogens with two attached hydrogens (primary N) is 1. The van der Waals surface area contributed by atoms with Crippen molar-refractivity contribution in [2.45, 2.75) is 25.3 Å². The van der Waals surface area contributed by atoms with E-state index < -0.39 is 0 Å². The van der Waals surface area contributed by atoms with Gasteiger partial charge in [0.1, 0.15) is 5.01 Å². The predicted molar refractivity (Wildman–Crippen MR) is 88.2 cm³/mol. The molecule has 6 heteroatoms. The van der Waals surface area contributed by atoms with Crippen LogP contribution in [0.25, 0.3) is 10.6 Å². The van der Waals surface area contributed by atoms with Gasteiger partial charge in [-0.3, -0.25) is 0 Å². The van der Waals surface area contributed by atoms with Gasteiger partial charge in [0.05, 0.1) is 19.9 Å². The van der Waals surface area contributed by atoms with Gasteiger partial charge in [-0.05, 0) is 47.3 Å². The SMILES string of the molecule is COc1cc(Br)c(-c2nc3c(s2)CCCC3N)cc1OC. The summed E-state index contributed by atoms with van der Waals surface area (Å²) in [6, 6.07) is 3.94. The molecule has 0 fully saturated rings.